The Bertz CT molecular complexity index is 961. The first-order valence-electron chi connectivity index (χ1n) is 8.70. The molecule has 0 N–H and O–H groups in total. The lowest BCUT2D eigenvalue weighted by atomic mass is 9.81. The van der Waals surface area contributed by atoms with Crippen molar-refractivity contribution >= 4 is 21.8 Å². The molecular weight excluding hydrogens is 410 g/mol. The van der Waals surface area contributed by atoms with E-state index in [9.17, 15) is 4.79 Å². The lowest BCUT2D eigenvalue weighted by Gasteiger charge is -2.38. The number of carbonyl (C=O) groups is 1. The van der Waals surface area contributed by atoms with Crippen molar-refractivity contribution in [2.24, 2.45) is 0 Å². The molecule has 1 aliphatic heterocycles. The van der Waals surface area contributed by atoms with Gasteiger partial charge in [0.15, 0.2) is 5.82 Å². The predicted octanol–water partition coefficient (Wildman–Crippen LogP) is 3.48. The van der Waals surface area contributed by atoms with Crippen LogP contribution in [-0.2, 0) is 5.41 Å². The Balaban J connectivity index is 1.57. The third-order valence-corrected chi connectivity index (χ3v) is 5.26. The van der Waals surface area contributed by atoms with Crippen LogP contribution in [0.1, 0.15) is 35.9 Å². The molecule has 1 unspecified atom stereocenters. The van der Waals surface area contributed by atoms with Crippen LogP contribution in [0, 0.1) is 0 Å². The van der Waals surface area contributed by atoms with Gasteiger partial charge in [-0.2, -0.15) is 4.98 Å². The molecule has 0 spiro atoms. The minimum atomic E-state index is -0.359. The van der Waals surface area contributed by atoms with Gasteiger partial charge in [-0.3, -0.25) is 14.8 Å². The van der Waals surface area contributed by atoms with E-state index in [1.165, 1.54) is 0 Å². The van der Waals surface area contributed by atoms with Gasteiger partial charge in [0.2, 0.25) is 0 Å². The zero-order valence-electron chi connectivity index (χ0n) is 14.8. The molecule has 4 heterocycles. The van der Waals surface area contributed by atoms with Crippen molar-refractivity contribution in [2.45, 2.75) is 25.2 Å². The number of nitrogens with zero attached hydrogens (tertiary/aromatic N) is 5. The normalized spacial score (nSPS) is 19.9. The molecule has 7 nitrogen and oxygen atoms in total. The Morgan fingerprint density at radius 2 is 2.07 bits per heavy atom. The lowest BCUT2D eigenvalue weighted by Crippen LogP contribution is -2.47. The minimum Gasteiger partial charge on any atom is -0.338 e. The number of carbonyl (C=O) groups excluding carboxylic acids is 1. The van der Waals surface area contributed by atoms with Crippen LogP contribution >= 0.6 is 15.9 Å². The maximum atomic E-state index is 12.9. The van der Waals surface area contributed by atoms with Crippen LogP contribution in [-0.4, -0.2) is 44.0 Å². The van der Waals surface area contributed by atoms with Crippen molar-refractivity contribution in [1.82, 2.24) is 25.0 Å². The summed E-state index contributed by atoms with van der Waals surface area (Å²) in [5.41, 5.74) is 1.04. The van der Waals surface area contributed by atoms with E-state index in [2.05, 4.69) is 43.0 Å². The molecule has 0 bridgehead atoms. The number of halogens is 1. The number of aromatic nitrogens is 4. The Morgan fingerprint density at radius 1 is 1.26 bits per heavy atom. The maximum absolute atomic E-state index is 12.9. The summed E-state index contributed by atoms with van der Waals surface area (Å²) in [6.07, 6.45) is 8.40. The summed E-state index contributed by atoms with van der Waals surface area (Å²) in [4.78, 5) is 27.4. The summed E-state index contributed by atoms with van der Waals surface area (Å²) >= 11 is 3.37. The quantitative estimate of drug-likeness (QED) is 0.635. The molecule has 4 rings (SSSR count). The number of hydrogen-bond acceptors (Lipinski definition) is 6. The van der Waals surface area contributed by atoms with Gasteiger partial charge in [0.25, 0.3) is 11.8 Å². The Labute approximate surface area is 165 Å². The van der Waals surface area contributed by atoms with Crippen molar-refractivity contribution < 1.29 is 9.32 Å². The van der Waals surface area contributed by atoms with E-state index in [1.54, 1.807) is 30.9 Å². The van der Waals surface area contributed by atoms with Gasteiger partial charge >= 0.3 is 0 Å². The molecule has 1 fully saturated rings. The standard InChI is InChI=1S/C19H18BrN5O2/c1-19(18-23-16(27-24-18)13-3-6-21-7-4-13)5-2-8-25(12-19)17(26)14-9-15(20)11-22-10-14/h3-4,6-7,9-11H,2,5,8,12H2,1H3. The van der Waals surface area contributed by atoms with Gasteiger partial charge < -0.3 is 9.42 Å². The Kier molecular flexibility index (Phi) is 4.73. The predicted molar refractivity (Wildman–Crippen MR) is 102 cm³/mol. The molecule has 8 heteroatoms. The smallest absolute Gasteiger partial charge is 0.258 e. The monoisotopic (exact) mass is 427 g/mol. The molecule has 3 aromatic rings. The topological polar surface area (TPSA) is 85.0 Å². The van der Waals surface area contributed by atoms with Gasteiger partial charge in [0.05, 0.1) is 5.56 Å². The second-order valence-corrected chi connectivity index (χ2v) is 7.86. The number of likely N-dealkylation sites (tertiary alicyclic amines) is 1. The van der Waals surface area contributed by atoms with E-state index in [-0.39, 0.29) is 11.3 Å². The van der Waals surface area contributed by atoms with Crippen molar-refractivity contribution in [1.29, 1.82) is 0 Å². The highest BCUT2D eigenvalue weighted by molar-refractivity contribution is 9.10. The highest BCUT2D eigenvalue weighted by Crippen LogP contribution is 2.33. The molecule has 1 atom stereocenters. The fourth-order valence-corrected chi connectivity index (χ4v) is 3.75. The molecule has 1 aliphatic rings. The van der Waals surface area contributed by atoms with Gasteiger partial charge in [0.1, 0.15) is 0 Å². The fourth-order valence-electron chi connectivity index (χ4n) is 3.39. The molecule has 0 radical (unpaired) electrons. The fraction of sp³-hybridized carbons (Fsp3) is 0.316. The SMILES string of the molecule is CC1(c2noc(-c3ccncc3)n2)CCCN(C(=O)c2cncc(Br)c2)C1. The Hall–Kier alpha value is -2.61. The van der Waals surface area contributed by atoms with Crippen LogP contribution in [0.5, 0.6) is 0 Å². The number of pyridine rings is 2. The van der Waals surface area contributed by atoms with Crippen molar-refractivity contribution in [3.63, 3.8) is 0 Å². The van der Waals surface area contributed by atoms with Crippen LogP contribution in [0.2, 0.25) is 0 Å². The van der Waals surface area contributed by atoms with Gasteiger partial charge in [0, 0.05) is 53.3 Å². The van der Waals surface area contributed by atoms with Gasteiger partial charge in [-0.1, -0.05) is 12.1 Å². The van der Waals surface area contributed by atoms with Crippen LogP contribution in [0.4, 0.5) is 0 Å². The van der Waals surface area contributed by atoms with Crippen LogP contribution in [0.25, 0.3) is 11.5 Å². The summed E-state index contributed by atoms with van der Waals surface area (Å²) in [6, 6.07) is 5.45. The van der Waals surface area contributed by atoms with Crippen molar-refractivity contribution in [3.8, 4) is 11.5 Å². The van der Waals surface area contributed by atoms with Crippen LogP contribution < -0.4 is 0 Å². The van der Waals surface area contributed by atoms with Crippen LogP contribution in [0.3, 0.4) is 0 Å². The second-order valence-electron chi connectivity index (χ2n) is 6.94. The van der Waals surface area contributed by atoms with Gasteiger partial charge in [-0.05, 0) is 47.0 Å². The maximum Gasteiger partial charge on any atom is 0.258 e. The molecule has 0 aromatic carbocycles. The lowest BCUT2D eigenvalue weighted by molar-refractivity contribution is 0.0641. The summed E-state index contributed by atoms with van der Waals surface area (Å²) in [5.74, 6) is 1.06. The van der Waals surface area contributed by atoms with E-state index in [1.807, 2.05) is 17.0 Å². The van der Waals surface area contributed by atoms with Gasteiger partial charge in [-0.25, -0.2) is 0 Å². The molecule has 0 aliphatic carbocycles. The van der Waals surface area contributed by atoms with E-state index in [4.69, 9.17) is 4.52 Å². The molecule has 27 heavy (non-hydrogen) atoms. The third-order valence-electron chi connectivity index (χ3n) is 4.83. The summed E-state index contributed by atoms with van der Waals surface area (Å²) in [6.45, 7) is 3.32. The number of rotatable bonds is 3. The zero-order valence-corrected chi connectivity index (χ0v) is 16.4. The van der Waals surface area contributed by atoms with Gasteiger partial charge in [-0.15, -0.1) is 0 Å². The Morgan fingerprint density at radius 3 is 2.85 bits per heavy atom. The minimum absolute atomic E-state index is 0.0347. The third kappa shape index (κ3) is 3.62. The highest BCUT2D eigenvalue weighted by Gasteiger charge is 2.38. The van der Waals surface area contributed by atoms with Crippen LogP contribution in [0.15, 0.2) is 52.0 Å². The molecule has 3 aromatic heterocycles. The molecular formula is C19H18BrN5O2. The second kappa shape index (κ2) is 7.19. The highest BCUT2D eigenvalue weighted by atomic mass is 79.9. The average Bonchev–Trinajstić information content (AvgIpc) is 3.19. The zero-order chi connectivity index (χ0) is 18.9. The summed E-state index contributed by atoms with van der Waals surface area (Å²) in [7, 11) is 0. The van der Waals surface area contributed by atoms with E-state index in [0.29, 0.717) is 30.4 Å². The number of amides is 1. The number of hydrogen-bond donors (Lipinski definition) is 0. The molecule has 1 amide bonds. The first-order chi connectivity index (χ1) is 13.0. The molecule has 1 saturated heterocycles. The first kappa shape index (κ1) is 17.8. The molecule has 138 valence electrons. The average molecular weight is 428 g/mol. The number of piperidine rings is 1. The largest absolute Gasteiger partial charge is 0.338 e. The summed E-state index contributed by atoms with van der Waals surface area (Å²) < 4.78 is 6.24. The van der Waals surface area contributed by atoms with Crippen molar-refractivity contribution in [3.05, 3.63) is 58.8 Å². The first-order valence-corrected chi connectivity index (χ1v) is 9.49. The van der Waals surface area contributed by atoms with Crippen molar-refractivity contribution in [2.75, 3.05) is 13.1 Å². The molecule has 0 saturated carbocycles. The van der Waals surface area contributed by atoms with E-state index < -0.39 is 0 Å². The van der Waals surface area contributed by atoms with E-state index in [0.717, 1.165) is 22.9 Å². The van der Waals surface area contributed by atoms with E-state index >= 15 is 0 Å². The summed E-state index contributed by atoms with van der Waals surface area (Å²) in [5, 5.41) is 4.20.